The molecule has 0 aromatic heterocycles. The number of para-hydroxylation sites is 1. The highest BCUT2D eigenvalue weighted by molar-refractivity contribution is 5.97. The summed E-state index contributed by atoms with van der Waals surface area (Å²) in [6.07, 6.45) is 2.06. The summed E-state index contributed by atoms with van der Waals surface area (Å²) in [6, 6.07) is 7.41. The zero-order valence-electron chi connectivity index (χ0n) is 15.0. The first-order valence-electron chi connectivity index (χ1n) is 8.73. The molecular weight excluding hydrogens is 306 g/mol. The molecule has 5 nitrogen and oxygen atoms in total. The van der Waals surface area contributed by atoms with E-state index in [4.69, 9.17) is 14.2 Å². The van der Waals surface area contributed by atoms with Gasteiger partial charge in [-0.25, -0.2) is 0 Å². The molecule has 0 saturated carbocycles. The molecule has 0 unspecified atom stereocenters. The number of rotatable bonds is 8. The van der Waals surface area contributed by atoms with Crippen LogP contribution in [0.15, 0.2) is 24.3 Å². The lowest BCUT2D eigenvalue weighted by atomic mass is 10.1. The predicted molar refractivity (Wildman–Crippen MR) is 93.5 cm³/mol. The van der Waals surface area contributed by atoms with Crippen molar-refractivity contribution in [3.63, 3.8) is 0 Å². The average Bonchev–Trinajstić information content (AvgIpc) is 2.60. The van der Waals surface area contributed by atoms with E-state index >= 15 is 0 Å². The van der Waals surface area contributed by atoms with E-state index in [0.717, 1.165) is 32.5 Å². The van der Waals surface area contributed by atoms with E-state index in [1.807, 2.05) is 29.2 Å². The van der Waals surface area contributed by atoms with Gasteiger partial charge >= 0.3 is 0 Å². The molecule has 1 fully saturated rings. The largest absolute Gasteiger partial charge is 0.490 e. The van der Waals surface area contributed by atoms with E-state index in [0.29, 0.717) is 30.4 Å². The molecule has 1 aliphatic rings. The maximum absolute atomic E-state index is 12.8. The van der Waals surface area contributed by atoms with Crippen molar-refractivity contribution in [3.05, 3.63) is 29.8 Å². The quantitative estimate of drug-likeness (QED) is 0.685. The molecule has 2 rings (SSSR count). The molecule has 0 radical (unpaired) electrons. The Balaban J connectivity index is 1.91. The van der Waals surface area contributed by atoms with E-state index in [9.17, 15) is 4.79 Å². The molecule has 0 atom stereocenters. The Morgan fingerprint density at radius 1 is 1.21 bits per heavy atom. The normalized spacial score (nSPS) is 15.8. The van der Waals surface area contributed by atoms with E-state index in [1.54, 1.807) is 7.11 Å². The van der Waals surface area contributed by atoms with Crippen LogP contribution in [0.3, 0.4) is 0 Å². The van der Waals surface area contributed by atoms with Crippen LogP contribution in [0.25, 0.3) is 0 Å². The summed E-state index contributed by atoms with van der Waals surface area (Å²) in [6.45, 7) is 7.49. The Bertz CT molecular complexity index is 510. The van der Waals surface area contributed by atoms with Gasteiger partial charge in [-0.15, -0.1) is 0 Å². The molecule has 0 spiro atoms. The highest BCUT2D eigenvalue weighted by Gasteiger charge is 2.25. The minimum absolute atomic E-state index is 0.0327. The second-order valence-electron chi connectivity index (χ2n) is 6.56. The monoisotopic (exact) mass is 335 g/mol. The fourth-order valence-electron chi connectivity index (χ4n) is 2.73. The average molecular weight is 335 g/mol. The Morgan fingerprint density at radius 3 is 2.58 bits per heavy atom. The number of methoxy groups -OCH3 is 1. The van der Waals surface area contributed by atoms with E-state index < -0.39 is 0 Å². The smallest absolute Gasteiger partial charge is 0.257 e. The van der Waals surface area contributed by atoms with Crippen LogP contribution < -0.4 is 4.74 Å². The van der Waals surface area contributed by atoms with Crippen LogP contribution in [0.4, 0.5) is 0 Å². The summed E-state index contributed by atoms with van der Waals surface area (Å²) >= 11 is 0. The van der Waals surface area contributed by atoms with Crippen LogP contribution in [0.1, 0.15) is 37.0 Å². The number of amides is 1. The second-order valence-corrected chi connectivity index (χ2v) is 6.56. The van der Waals surface area contributed by atoms with Crippen molar-refractivity contribution in [1.29, 1.82) is 0 Å². The fourth-order valence-corrected chi connectivity index (χ4v) is 2.73. The van der Waals surface area contributed by atoms with Crippen molar-refractivity contribution < 1.29 is 19.0 Å². The van der Waals surface area contributed by atoms with Gasteiger partial charge in [0.15, 0.2) is 0 Å². The molecule has 0 N–H and O–H groups in total. The van der Waals surface area contributed by atoms with E-state index in [2.05, 4.69) is 13.8 Å². The number of carbonyl (C=O) groups is 1. The summed E-state index contributed by atoms with van der Waals surface area (Å²) in [4.78, 5) is 14.7. The summed E-state index contributed by atoms with van der Waals surface area (Å²) in [5.74, 6) is 1.20. The first-order valence-corrected chi connectivity index (χ1v) is 8.73. The molecule has 1 saturated heterocycles. The number of likely N-dealkylation sites (tertiary alicyclic amines) is 1. The molecule has 0 aliphatic carbocycles. The Kier molecular flexibility index (Phi) is 7.53. The topological polar surface area (TPSA) is 48.0 Å². The number of hydrogen-bond acceptors (Lipinski definition) is 4. The lowest BCUT2D eigenvalue weighted by molar-refractivity contribution is -0.00238. The lowest BCUT2D eigenvalue weighted by Gasteiger charge is -2.32. The van der Waals surface area contributed by atoms with Gasteiger partial charge < -0.3 is 19.1 Å². The Morgan fingerprint density at radius 2 is 1.92 bits per heavy atom. The number of ether oxygens (including phenoxy) is 3. The highest BCUT2D eigenvalue weighted by Crippen LogP contribution is 2.23. The van der Waals surface area contributed by atoms with Crippen LogP contribution in [-0.4, -0.2) is 56.9 Å². The molecule has 1 heterocycles. The third-order valence-electron chi connectivity index (χ3n) is 4.06. The maximum Gasteiger partial charge on any atom is 0.257 e. The summed E-state index contributed by atoms with van der Waals surface area (Å²) in [5.41, 5.74) is 0.621. The Hall–Kier alpha value is -1.59. The number of hydrogen-bond donors (Lipinski definition) is 0. The first kappa shape index (κ1) is 18.7. The molecule has 1 amide bonds. The maximum atomic E-state index is 12.8. The van der Waals surface area contributed by atoms with Crippen LogP contribution in [0, 0.1) is 5.92 Å². The van der Waals surface area contributed by atoms with Gasteiger partial charge in [-0.1, -0.05) is 26.0 Å². The third-order valence-corrected chi connectivity index (χ3v) is 4.06. The van der Waals surface area contributed by atoms with Gasteiger partial charge in [-0.05, 0) is 30.9 Å². The molecule has 24 heavy (non-hydrogen) atoms. The van der Waals surface area contributed by atoms with Crippen molar-refractivity contribution in [2.75, 3.05) is 40.0 Å². The number of nitrogens with zero attached hydrogens (tertiary/aromatic N) is 1. The molecule has 1 aromatic rings. The molecule has 5 heteroatoms. The van der Waals surface area contributed by atoms with Crippen LogP contribution in [0.2, 0.25) is 0 Å². The minimum Gasteiger partial charge on any atom is -0.490 e. The zero-order chi connectivity index (χ0) is 17.4. The summed E-state index contributed by atoms with van der Waals surface area (Å²) in [5, 5.41) is 0. The van der Waals surface area contributed by atoms with Crippen LogP contribution in [-0.2, 0) is 9.47 Å². The SMILES string of the molecule is COCCOc1ccccc1C(=O)N1CCC(OCC(C)C)CC1. The highest BCUT2D eigenvalue weighted by atomic mass is 16.5. The van der Waals surface area contributed by atoms with Gasteiger partial charge in [0.05, 0.1) is 18.3 Å². The van der Waals surface area contributed by atoms with Crippen molar-refractivity contribution in [1.82, 2.24) is 4.90 Å². The number of benzene rings is 1. The zero-order valence-corrected chi connectivity index (χ0v) is 15.0. The van der Waals surface area contributed by atoms with E-state index in [-0.39, 0.29) is 12.0 Å². The Labute approximate surface area is 144 Å². The van der Waals surface area contributed by atoms with Crippen LogP contribution in [0.5, 0.6) is 5.75 Å². The van der Waals surface area contributed by atoms with Gasteiger partial charge in [0.2, 0.25) is 0 Å². The van der Waals surface area contributed by atoms with Crippen molar-refractivity contribution in [3.8, 4) is 5.75 Å². The predicted octanol–water partition coefficient (Wildman–Crippen LogP) is 2.99. The van der Waals surface area contributed by atoms with Crippen molar-refractivity contribution >= 4 is 5.91 Å². The molecule has 0 bridgehead atoms. The molecule has 1 aromatic carbocycles. The van der Waals surface area contributed by atoms with Crippen LogP contribution >= 0.6 is 0 Å². The van der Waals surface area contributed by atoms with Gasteiger partial charge in [0.25, 0.3) is 5.91 Å². The lowest BCUT2D eigenvalue weighted by Crippen LogP contribution is -2.41. The molecule has 134 valence electrons. The molecular formula is C19H29NO4. The van der Waals surface area contributed by atoms with Gasteiger partial charge in [-0.3, -0.25) is 4.79 Å². The molecule has 1 aliphatic heterocycles. The third kappa shape index (κ3) is 5.49. The van der Waals surface area contributed by atoms with Gasteiger partial charge in [-0.2, -0.15) is 0 Å². The standard InChI is InChI=1S/C19H29NO4/c1-15(2)14-24-16-8-10-20(11-9-16)19(21)17-6-4-5-7-18(17)23-13-12-22-3/h4-7,15-16H,8-14H2,1-3H3. The summed E-state index contributed by atoms with van der Waals surface area (Å²) < 4.78 is 16.6. The minimum atomic E-state index is 0.0327. The fraction of sp³-hybridized carbons (Fsp3) is 0.632. The number of carbonyl (C=O) groups excluding carboxylic acids is 1. The van der Waals surface area contributed by atoms with Crippen molar-refractivity contribution in [2.24, 2.45) is 5.92 Å². The second kappa shape index (κ2) is 9.64. The first-order chi connectivity index (χ1) is 11.6. The number of piperidine rings is 1. The van der Waals surface area contributed by atoms with Gasteiger partial charge in [0, 0.05) is 26.8 Å². The van der Waals surface area contributed by atoms with Gasteiger partial charge in [0.1, 0.15) is 12.4 Å². The van der Waals surface area contributed by atoms with E-state index in [1.165, 1.54) is 0 Å². The van der Waals surface area contributed by atoms with Crippen molar-refractivity contribution in [2.45, 2.75) is 32.8 Å². The summed E-state index contributed by atoms with van der Waals surface area (Å²) in [7, 11) is 1.63.